The first-order valence-electron chi connectivity index (χ1n) is 13.1. The third-order valence-electron chi connectivity index (χ3n) is 6.48. The van der Waals surface area contributed by atoms with Crippen LogP contribution in [0.3, 0.4) is 0 Å². The lowest BCUT2D eigenvalue weighted by Crippen LogP contribution is -2.49. The van der Waals surface area contributed by atoms with E-state index in [-0.39, 0.29) is 23.6 Å². The number of phenols is 1. The molecule has 4 aromatic rings. The summed E-state index contributed by atoms with van der Waals surface area (Å²) >= 11 is 0. The number of ether oxygens (including phenoxy) is 1. The zero-order valence-corrected chi connectivity index (χ0v) is 23.1. The van der Waals surface area contributed by atoms with Crippen molar-refractivity contribution in [3.8, 4) is 5.75 Å². The summed E-state index contributed by atoms with van der Waals surface area (Å²) in [6, 6.07) is 15.1. The van der Waals surface area contributed by atoms with E-state index in [1.165, 1.54) is 13.3 Å². The highest BCUT2D eigenvalue weighted by Crippen LogP contribution is 2.17. The maximum absolute atomic E-state index is 13.2. The van der Waals surface area contributed by atoms with Crippen molar-refractivity contribution >= 4 is 34.5 Å². The molecule has 2 amide bonds. The van der Waals surface area contributed by atoms with Crippen LogP contribution in [-0.4, -0.2) is 64.1 Å². The third kappa shape index (κ3) is 7.33. The number of pyridine rings is 1. The zero-order valence-electron chi connectivity index (χ0n) is 23.1. The van der Waals surface area contributed by atoms with E-state index >= 15 is 0 Å². The van der Waals surface area contributed by atoms with Crippen molar-refractivity contribution < 1.29 is 24.2 Å². The lowest BCUT2D eigenvalue weighted by atomic mass is 10.1. The summed E-state index contributed by atoms with van der Waals surface area (Å²) < 4.78 is 4.85. The van der Waals surface area contributed by atoms with Gasteiger partial charge in [0.25, 0.3) is 11.8 Å². The third-order valence-corrected chi connectivity index (χ3v) is 6.48. The molecule has 0 saturated heterocycles. The van der Waals surface area contributed by atoms with E-state index in [0.29, 0.717) is 29.3 Å². The highest BCUT2D eigenvalue weighted by atomic mass is 16.5. The van der Waals surface area contributed by atoms with Crippen LogP contribution in [-0.2, 0) is 16.0 Å². The van der Waals surface area contributed by atoms with Crippen molar-refractivity contribution in [3.05, 3.63) is 89.0 Å². The second-order valence-electron chi connectivity index (χ2n) is 9.43. The fourth-order valence-corrected chi connectivity index (χ4v) is 4.47. The van der Waals surface area contributed by atoms with Gasteiger partial charge in [-0.05, 0) is 55.8 Å². The number of nitrogens with zero attached hydrogens (tertiary/aromatic N) is 3. The maximum atomic E-state index is 13.2. The Morgan fingerprint density at radius 1 is 0.976 bits per heavy atom. The number of rotatable bonds is 11. The van der Waals surface area contributed by atoms with Gasteiger partial charge in [-0.3, -0.25) is 14.6 Å². The number of aromatic hydroxyl groups is 1. The molecule has 1 atom stereocenters. The largest absolute Gasteiger partial charge is 0.508 e. The van der Waals surface area contributed by atoms with Crippen LogP contribution >= 0.6 is 0 Å². The number of carbonyl (C=O) groups excluding carboxylic acids is 3. The van der Waals surface area contributed by atoms with Crippen molar-refractivity contribution in [2.24, 2.45) is 0 Å². The molecule has 41 heavy (non-hydrogen) atoms. The summed E-state index contributed by atoms with van der Waals surface area (Å²) in [7, 11) is 1.20. The first kappa shape index (κ1) is 28.9. The Morgan fingerprint density at radius 2 is 1.73 bits per heavy atom. The molecule has 0 saturated carbocycles. The Morgan fingerprint density at radius 3 is 2.46 bits per heavy atom. The summed E-state index contributed by atoms with van der Waals surface area (Å²) in [4.78, 5) is 51.6. The molecule has 1 unspecified atom stereocenters. The van der Waals surface area contributed by atoms with Gasteiger partial charge in [0, 0.05) is 24.7 Å². The minimum atomic E-state index is -1.15. The van der Waals surface area contributed by atoms with Gasteiger partial charge in [0.2, 0.25) is 5.95 Å². The number of hydrogen-bond acceptors (Lipinski definition) is 9. The van der Waals surface area contributed by atoms with Crippen molar-refractivity contribution in [3.63, 3.8) is 0 Å². The number of phenolic OH excluding ortho intramolecular Hbond substituents is 1. The Balaban J connectivity index is 1.38. The van der Waals surface area contributed by atoms with Gasteiger partial charge in [-0.1, -0.05) is 36.4 Å². The van der Waals surface area contributed by atoms with E-state index < -0.39 is 23.8 Å². The fraction of sp³-hybridized carbons (Fsp3) is 0.267. The van der Waals surface area contributed by atoms with E-state index in [1.807, 2.05) is 24.3 Å². The second kappa shape index (κ2) is 13.3. The fourth-order valence-electron chi connectivity index (χ4n) is 4.47. The number of fused-ring (bicyclic) bond motifs is 1. The standard InChI is InChI=1S/C30H32N6O5/c1-18-25(19(2)35-30(34-18)32-14-7-9-20-8-6-11-22(37)16-20)27(38)36-24(29(40)41-3)17-33-28(39)26-23-12-5-4-10-21(23)13-15-31-26/h4-6,8,10-13,15-16,24,37H,7,9,14,17H2,1-3H3,(H,33,39)(H,36,38)(H,32,34,35). The number of benzene rings is 2. The van der Waals surface area contributed by atoms with Crippen LogP contribution < -0.4 is 16.0 Å². The molecule has 0 aliphatic carbocycles. The predicted octanol–water partition coefficient (Wildman–Crippen LogP) is 3.09. The summed E-state index contributed by atoms with van der Waals surface area (Å²) in [6.07, 6.45) is 3.09. The molecule has 2 aromatic carbocycles. The van der Waals surface area contributed by atoms with Gasteiger partial charge < -0.3 is 25.8 Å². The minimum absolute atomic E-state index is 0.208. The van der Waals surface area contributed by atoms with Crippen LogP contribution in [0.4, 0.5) is 5.95 Å². The topological polar surface area (TPSA) is 155 Å². The van der Waals surface area contributed by atoms with Crippen molar-refractivity contribution in [2.75, 3.05) is 25.5 Å². The summed E-state index contributed by atoms with van der Waals surface area (Å²) in [5.41, 5.74) is 2.32. The number of carbonyl (C=O) groups is 3. The van der Waals surface area contributed by atoms with Crippen LogP contribution in [0.2, 0.25) is 0 Å². The molecule has 212 valence electrons. The Labute approximate surface area is 237 Å². The van der Waals surface area contributed by atoms with Gasteiger partial charge in [-0.25, -0.2) is 14.8 Å². The summed E-state index contributed by atoms with van der Waals surface area (Å²) in [6.45, 7) is 3.75. The minimum Gasteiger partial charge on any atom is -0.508 e. The van der Waals surface area contributed by atoms with Crippen LogP contribution in [0.15, 0.2) is 60.8 Å². The highest BCUT2D eigenvalue weighted by molar-refractivity contribution is 6.05. The lowest BCUT2D eigenvalue weighted by molar-refractivity contribution is -0.142. The second-order valence-corrected chi connectivity index (χ2v) is 9.43. The summed E-state index contributed by atoms with van der Waals surface area (Å²) in [5.74, 6) is -1.15. The molecule has 0 radical (unpaired) electrons. The maximum Gasteiger partial charge on any atom is 0.330 e. The zero-order chi connectivity index (χ0) is 29.4. The van der Waals surface area contributed by atoms with Gasteiger partial charge in [0.1, 0.15) is 17.5 Å². The van der Waals surface area contributed by atoms with Crippen molar-refractivity contribution in [1.29, 1.82) is 0 Å². The molecule has 0 spiro atoms. The monoisotopic (exact) mass is 556 g/mol. The number of anilines is 1. The molecular formula is C30H32N6O5. The van der Waals surface area contributed by atoms with Gasteiger partial charge >= 0.3 is 5.97 Å². The molecule has 0 aliphatic heterocycles. The van der Waals surface area contributed by atoms with Gasteiger partial charge in [-0.2, -0.15) is 0 Å². The van der Waals surface area contributed by atoms with Crippen LogP contribution in [0.25, 0.3) is 10.8 Å². The van der Waals surface area contributed by atoms with Gasteiger partial charge in [0.15, 0.2) is 0 Å². The van der Waals surface area contributed by atoms with Crippen LogP contribution in [0.5, 0.6) is 5.75 Å². The smallest absolute Gasteiger partial charge is 0.330 e. The SMILES string of the molecule is COC(=O)C(CNC(=O)c1nccc2ccccc12)NC(=O)c1c(C)nc(NCCCc2cccc(O)c2)nc1C. The van der Waals surface area contributed by atoms with Crippen molar-refractivity contribution in [2.45, 2.75) is 32.7 Å². The summed E-state index contributed by atoms with van der Waals surface area (Å²) in [5, 5.41) is 19.6. The Kier molecular flexibility index (Phi) is 9.41. The molecule has 11 heteroatoms. The van der Waals surface area contributed by atoms with Crippen molar-refractivity contribution in [1.82, 2.24) is 25.6 Å². The number of nitrogens with one attached hydrogen (secondary N) is 3. The average molecular weight is 557 g/mol. The number of aryl methyl sites for hydroxylation is 3. The Bertz CT molecular complexity index is 1550. The normalized spacial score (nSPS) is 11.5. The lowest BCUT2D eigenvalue weighted by Gasteiger charge is -2.19. The van der Waals surface area contributed by atoms with E-state index in [2.05, 4.69) is 30.9 Å². The quantitative estimate of drug-likeness (QED) is 0.161. The van der Waals surface area contributed by atoms with E-state index in [1.54, 1.807) is 44.2 Å². The Hall–Kier alpha value is -5.06. The van der Waals surface area contributed by atoms with E-state index in [9.17, 15) is 19.5 Å². The average Bonchev–Trinajstić information content (AvgIpc) is 2.96. The highest BCUT2D eigenvalue weighted by Gasteiger charge is 2.26. The van der Waals surface area contributed by atoms with Gasteiger partial charge in [0.05, 0.1) is 24.1 Å². The molecule has 0 fully saturated rings. The molecule has 4 N–H and O–H groups in total. The first-order valence-corrected chi connectivity index (χ1v) is 13.1. The first-order chi connectivity index (χ1) is 19.8. The molecule has 2 heterocycles. The number of methoxy groups -OCH3 is 1. The van der Waals surface area contributed by atoms with Gasteiger partial charge in [-0.15, -0.1) is 0 Å². The van der Waals surface area contributed by atoms with Crippen LogP contribution in [0.1, 0.15) is 44.2 Å². The molecule has 11 nitrogen and oxygen atoms in total. The molecular weight excluding hydrogens is 524 g/mol. The van der Waals surface area contributed by atoms with E-state index in [4.69, 9.17) is 4.74 Å². The van der Waals surface area contributed by atoms with Crippen LogP contribution in [0, 0.1) is 13.8 Å². The van der Waals surface area contributed by atoms with E-state index in [0.717, 1.165) is 23.8 Å². The number of amides is 2. The number of hydrogen-bond donors (Lipinski definition) is 4. The number of aromatic nitrogens is 3. The number of esters is 1. The predicted molar refractivity (Wildman–Crippen MR) is 154 cm³/mol. The molecule has 4 rings (SSSR count). The molecule has 0 aliphatic rings. The molecule has 2 aromatic heterocycles. The molecule has 0 bridgehead atoms.